The van der Waals surface area contributed by atoms with Gasteiger partial charge in [0.25, 0.3) is 0 Å². The zero-order valence-corrected chi connectivity index (χ0v) is 9.39. The lowest BCUT2D eigenvalue weighted by atomic mass is 10.3. The van der Waals surface area contributed by atoms with Gasteiger partial charge >= 0.3 is 6.36 Å². The Labute approximate surface area is 96.7 Å². The average molecular weight is 297 g/mol. The molecule has 0 saturated heterocycles. The first-order chi connectivity index (χ1) is 7.39. The molecule has 0 N–H and O–H groups in total. The summed E-state index contributed by atoms with van der Waals surface area (Å²) in [5.74, 6) is -0.764. The summed E-state index contributed by atoms with van der Waals surface area (Å²) in [6.45, 7) is 0. The highest BCUT2D eigenvalue weighted by atomic mass is 79.9. The number of nitrogens with zero attached hydrogens (tertiary/aromatic N) is 2. The van der Waals surface area contributed by atoms with E-state index >= 15 is 0 Å². The Bertz CT molecular complexity index is 442. The SMILES string of the molecule is COc1ncc(C#N)c(OC(F)(F)F)c1Br. The summed E-state index contributed by atoms with van der Waals surface area (Å²) < 4.78 is 44.4. The van der Waals surface area contributed by atoms with Crippen LogP contribution < -0.4 is 9.47 Å². The van der Waals surface area contributed by atoms with Gasteiger partial charge in [-0.25, -0.2) is 4.98 Å². The van der Waals surface area contributed by atoms with Crippen LogP contribution in [0.3, 0.4) is 0 Å². The Hall–Kier alpha value is -1.49. The van der Waals surface area contributed by atoms with Crippen LogP contribution in [0.5, 0.6) is 11.6 Å². The average Bonchev–Trinajstić information content (AvgIpc) is 2.19. The van der Waals surface area contributed by atoms with Crippen LogP contribution in [0.15, 0.2) is 10.7 Å². The molecule has 86 valence electrons. The maximum absolute atomic E-state index is 12.1. The number of hydrogen-bond acceptors (Lipinski definition) is 4. The van der Waals surface area contributed by atoms with Crippen molar-refractivity contribution in [1.82, 2.24) is 4.98 Å². The van der Waals surface area contributed by atoms with Gasteiger partial charge in [-0.3, -0.25) is 0 Å². The van der Waals surface area contributed by atoms with Crippen LogP contribution in [0.25, 0.3) is 0 Å². The lowest BCUT2D eigenvalue weighted by Gasteiger charge is -2.12. The van der Waals surface area contributed by atoms with E-state index in [1.807, 2.05) is 0 Å². The minimum absolute atomic E-state index is 0.0988. The highest BCUT2D eigenvalue weighted by Crippen LogP contribution is 2.38. The second-order valence-corrected chi connectivity index (χ2v) is 3.28. The van der Waals surface area contributed by atoms with Crippen LogP contribution >= 0.6 is 15.9 Å². The second kappa shape index (κ2) is 4.57. The van der Waals surface area contributed by atoms with Gasteiger partial charge < -0.3 is 9.47 Å². The molecule has 0 aliphatic carbocycles. The largest absolute Gasteiger partial charge is 0.573 e. The monoisotopic (exact) mass is 296 g/mol. The Kier molecular flexibility index (Phi) is 3.59. The summed E-state index contributed by atoms with van der Waals surface area (Å²) in [5, 5.41) is 8.60. The molecule has 1 aromatic rings. The Morgan fingerprint density at radius 1 is 1.50 bits per heavy atom. The summed E-state index contributed by atoms with van der Waals surface area (Å²) in [5.41, 5.74) is -0.343. The van der Waals surface area contributed by atoms with Crippen molar-refractivity contribution in [1.29, 1.82) is 5.26 Å². The number of rotatable bonds is 2. The van der Waals surface area contributed by atoms with Crippen LogP contribution in [-0.4, -0.2) is 18.5 Å². The van der Waals surface area contributed by atoms with Crippen LogP contribution in [0.1, 0.15) is 5.56 Å². The molecular weight excluding hydrogens is 293 g/mol. The molecule has 0 aliphatic heterocycles. The minimum atomic E-state index is -4.89. The van der Waals surface area contributed by atoms with E-state index in [1.54, 1.807) is 0 Å². The van der Waals surface area contributed by atoms with Crippen molar-refractivity contribution in [3.05, 3.63) is 16.2 Å². The normalized spacial score (nSPS) is 10.8. The van der Waals surface area contributed by atoms with Crippen molar-refractivity contribution in [3.8, 4) is 17.7 Å². The fourth-order valence-electron chi connectivity index (χ4n) is 0.891. The Morgan fingerprint density at radius 2 is 2.12 bits per heavy atom. The van der Waals surface area contributed by atoms with Gasteiger partial charge in [0.15, 0.2) is 5.75 Å². The van der Waals surface area contributed by atoms with Crippen LogP contribution in [0, 0.1) is 11.3 Å². The third-order valence-corrected chi connectivity index (χ3v) is 2.17. The van der Waals surface area contributed by atoms with E-state index in [4.69, 9.17) is 5.26 Å². The van der Waals surface area contributed by atoms with E-state index in [-0.39, 0.29) is 15.9 Å². The standard InChI is InChI=1S/C8H4BrF3N2O2/c1-15-7-5(9)6(16-8(10,11)12)4(2-13)3-14-7/h3H,1H3. The molecule has 0 aliphatic rings. The minimum Gasteiger partial charge on any atom is -0.480 e. The third kappa shape index (κ3) is 2.76. The number of alkyl halides is 3. The first-order valence-corrected chi connectivity index (χ1v) is 4.56. The van der Waals surface area contributed by atoms with Crippen molar-refractivity contribution in [3.63, 3.8) is 0 Å². The molecule has 4 nitrogen and oxygen atoms in total. The van der Waals surface area contributed by atoms with Gasteiger partial charge in [0.2, 0.25) is 5.88 Å². The fourth-order valence-corrected chi connectivity index (χ4v) is 1.45. The molecule has 1 aromatic heterocycles. The summed E-state index contributed by atoms with van der Waals surface area (Å²) >= 11 is 2.82. The van der Waals surface area contributed by atoms with Crippen LogP contribution in [-0.2, 0) is 0 Å². The van der Waals surface area contributed by atoms with Gasteiger partial charge in [-0.2, -0.15) is 5.26 Å². The quantitative estimate of drug-likeness (QED) is 0.842. The summed E-state index contributed by atoms with van der Waals surface area (Å²) in [6, 6.07) is 1.54. The molecule has 0 atom stereocenters. The molecule has 0 radical (unpaired) electrons. The third-order valence-electron chi connectivity index (χ3n) is 1.47. The Balaban J connectivity index is 3.28. The van der Waals surface area contributed by atoms with Gasteiger partial charge in [0.05, 0.1) is 13.3 Å². The number of nitriles is 1. The first-order valence-electron chi connectivity index (χ1n) is 3.77. The number of aromatic nitrogens is 1. The zero-order valence-electron chi connectivity index (χ0n) is 7.80. The van der Waals surface area contributed by atoms with E-state index in [9.17, 15) is 13.2 Å². The molecule has 16 heavy (non-hydrogen) atoms. The maximum Gasteiger partial charge on any atom is 0.573 e. The van der Waals surface area contributed by atoms with E-state index in [0.717, 1.165) is 6.20 Å². The van der Waals surface area contributed by atoms with Gasteiger partial charge in [-0.15, -0.1) is 13.2 Å². The van der Waals surface area contributed by atoms with Crippen molar-refractivity contribution < 1.29 is 22.6 Å². The van der Waals surface area contributed by atoms with E-state index in [2.05, 4.69) is 30.4 Å². The fraction of sp³-hybridized carbons (Fsp3) is 0.250. The molecule has 0 bridgehead atoms. The van der Waals surface area contributed by atoms with Crippen molar-refractivity contribution in [2.45, 2.75) is 6.36 Å². The van der Waals surface area contributed by atoms with E-state index < -0.39 is 12.1 Å². The Morgan fingerprint density at radius 3 is 2.56 bits per heavy atom. The second-order valence-electron chi connectivity index (χ2n) is 2.48. The van der Waals surface area contributed by atoms with Crippen LogP contribution in [0.4, 0.5) is 13.2 Å². The zero-order chi connectivity index (χ0) is 12.3. The highest BCUT2D eigenvalue weighted by molar-refractivity contribution is 9.10. The lowest BCUT2D eigenvalue weighted by Crippen LogP contribution is -2.18. The van der Waals surface area contributed by atoms with Crippen molar-refractivity contribution in [2.24, 2.45) is 0 Å². The molecule has 0 fully saturated rings. The van der Waals surface area contributed by atoms with Gasteiger partial charge in [-0.1, -0.05) is 0 Å². The molecule has 1 rings (SSSR count). The van der Waals surface area contributed by atoms with Crippen molar-refractivity contribution >= 4 is 15.9 Å². The summed E-state index contributed by atoms with van der Waals surface area (Å²) in [7, 11) is 1.23. The van der Waals surface area contributed by atoms with Gasteiger partial charge in [-0.05, 0) is 15.9 Å². The van der Waals surface area contributed by atoms with Gasteiger partial charge in [0.1, 0.15) is 16.1 Å². The van der Waals surface area contributed by atoms with Crippen LogP contribution in [0.2, 0.25) is 0 Å². The number of pyridine rings is 1. The number of methoxy groups -OCH3 is 1. The summed E-state index contributed by atoms with van der Waals surface area (Å²) in [4.78, 5) is 3.62. The molecular formula is C8H4BrF3N2O2. The molecule has 0 unspecified atom stereocenters. The van der Waals surface area contributed by atoms with Gasteiger partial charge in [0, 0.05) is 0 Å². The molecule has 0 aromatic carbocycles. The number of hydrogen-bond donors (Lipinski definition) is 0. The number of ether oxygens (including phenoxy) is 2. The predicted molar refractivity (Wildman–Crippen MR) is 49.9 cm³/mol. The smallest absolute Gasteiger partial charge is 0.480 e. The van der Waals surface area contributed by atoms with E-state index in [1.165, 1.54) is 13.2 Å². The molecule has 0 spiro atoms. The number of halogens is 4. The molecule has 0 saturated carbocycles. The highest BCUT2D eigenvalue weighted by Gasteiger charge is 2.34. The lowest BCUT2D eigenvalue weighted by molar-refractivity contribution is -0.275. The predicted octanol–water partition coefficient (Wildman–Crippen LogP) is 2.62. The molecule has 1 heterocycles. The first kappa shape index (κ1) is 12.6. The molecule has 8 heteroatoms. The van der Waals surface area contributed by atoms with Crippen molar-refractivity contribution in [2.75, 3.05) is 7.11 Å². The van der Waals surface area contributed by atoms with E-state index in [0.29, 0.717) is 0 Å². The summed E-state index contributed by atoms with van der Waals surface area (Å²) in [6.07, 6.45) is -3.95. The molecule has 0 amide bonds. The maximum atomic E-state index is 12.1. The topological polar surface area (TPSA) is 55.1 Å².